The first-order valence-corrected chi connectivity index (χ1v) is 15.9. The predicted molar refractivity (Wildman–Crippen MR) is 174 cm³/mol. The Labute approximate surface area is 272 Å². The summed E-state index contributed by atoms with van der Waals surface area (Å²) in [7, 11) is 2.94. The Morgan fingerprint density at radius 2 is 1.96 bits per heavy atom. The zero-order valence-corrected chi connectivity index (χ0v) is 28.3. The van der Waals surface area contributed by atoms with E-state index in [0.717, 1.165) is 16.8 Å². The first-order valence-electron chi connectivity index (χ1n) is 15.9. The van der Waals surface area contributed by atoms with Crippen LogP contribution in [0, 0.1) is 24.7 Å². The molecular weight excluding hydrogens is 590 g/mol. The number of allylic oxidation sites excluding steroid dienone is 5. The smallest absolute Gasteiger partial charge is 0.330 e. The number of oxazole rings is 1. The van der Waals surface area contributed by atoms with E-state index in [9.17, 15) is 19.8 Å². The van der Waals surface area contributed by atoms with Crippen LogP contribution >= 0.6 is 0 Å². The van der Waals surface area contributed by atoms with Crippen molar-refractivity contribution >= 4 is 18.0 Å². The number of carbonyl (C=O) groups excluding carboxylic acids is 2. The maximum Gasteiger partial charge on any atom is 0.330 e. The van der Waals surface area contributed by atoms with Gasteiger partial charge in [-0.05, 0) is 56.8 Å². The Bertz CT molecular complexity index is 1320. The third-order valence-electron chi connectivity index (χ3n) is 8.95. The molecule has 1 saturated heterocycles. The van der Waals surface area contributed by atoms with Crippen LogP contribution in [0.2, 0.25) is 0 Å². The molecule has 2 aliphatic rings. The van der Waals surface area contributed by atoms with Gasteiger partial charge in [0, 0.05) is 44.8 Å². The van der Waals surface area contributed by atoms with Crippen LogP contribution in [0.25, 0.3) is 6.08 Å². The number of aryl methyl sites for hydroxylation is 1. The Morgan fingerprint density at radius 3 is 2.61 bits per heavy atom. The van der Waals surface area contributed by atoms with E-state index in [-0.39, 0.29) is 42.7 Å². The molecule has 3 heterocycles. The topological polar surface area (TPSA) is 141 Å². The fraction of sp³-hybridized carbons (Fsp3) is 0.583. The van der Waals surface area contributed by atoms with Crippen LogP contribution in [0.4, 0.5) is 0 Å². The van der Waals surface area contributed by atoms with Gasteiger partial charge in [0.1, 0.15) is 29.8 Å². The third-order valence-corrected chi connectivity index (χ3v) is 8.95. The lowest BCUT2D eigenvalue weighted by Gasteiger charge is -2.32. The highest BCUT2D eigenvalue weighted by atomic mass is 16.6. The number of hydrogen-bond donors (Lipinski definition) is 2. The number of fused-ring (bicyclic) bond motifs is 1. The lowest BCUT2D eigenvalue weighted by Crippen LogP contribution is -2.41. The molecule has 0 spiro atoms. The summed E-state index contributed by atoms with van der Waals surface area (Å²) in [6, 6.07) is 0. The summed E-state index contributed by atoms with van der Waals surface area (Å²) in [5, 5.41) is 22.2. The fourth-order valence-electron chi connectivity index (χ4n) is 5.83. The van der Waals surface area contributed by atoms with Crippen molar-refractivity contribution in [2.75, 3.05) is 14.2 Å². The number of aliphatic hydroxyl groups is 2. The summed E-state index contributed by atoms with van der Waals surface area (Å²) in [4.78, 5) is 29.4. The van der Waals surface area contributed by atoms with Gasteiger partial charge in [-0.2, -0.15) is 0 Å². The monoisotopic (exact) mass is 641 g/mol. The highest BCUT2D eigenvalue weighted by Crippen LogP contribution is 2.43. The first-order chi connectivity index (χ1) is 21.8. The van der Waals surface area contributed by atoms with Gasteiger partial charge in [0.25, 0.3) is 0 Å². The summed E-state index contributed by atoms with van der Waals surface area (Å²) in [6.07, 6.45) is 14.0. The average molecular weight is 642 g/mol. The molecule has 1 aromatic heterocycles. The Hall–Kier alpha value is -3.31. The van der Waals surface area contributed by atoms with E-state index < -0.39 is 36.0 Å². The summed E-state index contributed by atoms with van der Waals surface area (Å²) < 4.78 is 27.9. The summed E-state index contributed by atoms with van der Waals surface area (Å²) in [6.45, 7) is 11.4. The molecule has 0 radical (unpaired) electrons. The van der Waals surface area contributed by atoms with Gasteiger partial charge in [0.05, 0.1) is 25.4 Å². The molecule has 9 atom stereocenters. The number of aromatic nitrogens is 1. The van der Waals surface area contributed by atoms with Crippen molar-refractivity contribution in [1.29, 1.82) is 0 Å². The Kier molecular flexibility index (Phi) is 13.7. The van der Waals surface area contributed by atoms with Gasteiger partial charge in [-0.1, -0.05) is 50.3 Å². The quantitative estimate of drug-likeness (QED) is 0.155. The second kappa shape index (κ2) is 17.0. The van der Waals surface area contributed by atoms with Gasteiger partial charge < -0.3 is 33.6 Å². The molecule has 46 heavy (non-hydrogen) atoms. The number of carbonyl (C=O) groups is 2. The first kappa shape index (κ1) is 37.2. The van der Waals surface area contributed by atoms with E-state index in [2.05, 4.69) is 4.98 Å². The van der Waals surface area contributed by atoms with Crippen molar-refractivity contribution < 1.29 is 43.2 Å². The molecule has 2 N–H and O–H groups in total. The van der Waals surface area contributed by atoms with Gasteiger partial charge in [0.2, 0.25) is 0 Å². The number of aliphatic hydroxyl groups excluding tert-OH is 2. The minimum absolute atomic E-state index is 0.115. The minimum atomic E-state index is -0.932. The number of nitrogens with zero attached hydrogens (tertiary/aromatic N) is 1. The number of hydrogen-bond acceptors (Lipinski definition) is 10. The third kappa shape index (κ3) is 10.6. The highest BCUT2D eigenvalue weighted by Gasteiger charge is 2.57. The Balaban J connectivity index is 1.82. The van der Waals surface area contributed by atoms with Crippen molar-refractivity contribution in [1.82, 2.24) is 4.98 Å². The van der Waals surface area contributed by atoms with E-state index >= 15 is 0 Å². The standard InChI is InChI=1S/C36H51NO9/c1-22(17-28-21-44-26(5)37-28)11-9-12-24(3)35(43-8)25(4)30-20-31(39)36(6)32(46-36)16-15-23(2)29(38)18-27(19-34(41)42-7)13-10-14-33(40)45-30/h9-12,14-17,21,23,25,27,29-32,35,38-39H,13,18-20H2,1-8H3. The molecule has 0 aromatic carbocycles. The molecular formula is C36H51NO9. The molecule has 2 aliphatic heterocycles. The largest absolute Gasteiger partial charge is 0.469 e. The van der Waals surface area contributed by atoms with Gasteiger partial charge in [0.15, 0.2) is 5.89 Å². The van der Waals surface area contributed by atoms with Crippen LogP contribution < -0.4 is 0 Å². The molecule has 9 unspecified atom stereocenters. The molecule has 10 nitrogen and oxygen atoms in total. The van der Waals surface area contributed by atoms with Crippen LogP contribution in [-0.2, 0) is 28.5 Å². The highest BCUT2D eigenvalue weighted by molar-refractivity contribution is 5.82. The second-order valence-electron chi connectivity index (χ2n) is 12.7. The second-order valence-corrected chi connectivity index (χ2v) is 12.7. The van der Waals surface area contributed by atoms with Crippen molar-refractivity contribution in [2.24, 2.45) is 17.8 Å². The lowest BCUT2D eigenvalue weighted by atomic mass is 9.85. The van der Waals surface area contributed by atoms with Crippen molar-refractivity contribution in [3.8, 4) is 0 Å². The summed E-state index contributed by atoms with van der Waals surface area (Å²) in [5.74, 6) is -1.11. The zero-order chi connectivity index (χ0) is 34.0. The lowest BCUT2D eigenvalue weighted by molar-refractivity contribution is -0.150. The molecule has 0 amide bonds. The van der Waals surface area contributed by atoms with E-state index in [4.69, 9.17) is 23.4 Å². The van der Waals surface area contributed by atoms with E-state index in [0.29, 0.717) is 18.7 Å². The maximum atomic E-state index is 13.1. The molecule has 254 valence electrons. The van der Waals surface area contributed by atoms with E-state index in [1.54, 1.807) is 26.4 Å². The minimum Gasteiger partial charge on any atom is -0.469 e. The van der Waals surface area contributed by atoms with E-state index in [1.807, 2.05) is 71.1 Å². The normalized spacial score (nSPS) is 31.3. The SMILES string of the molecule is COC(=O)CC1CC=CC(=O)OC(C(C)C(OC)C(C)=CC=CC(C)=Cc2coc(C)n2)CC(O)C2(C)OC2C=CC(C)C(O)C1. The summed E-state index contributed by atoms with van der Waals surface area (Å²) >= 11 is 0. The van der Waals surface area contributed by atoms with Crippen LogP contribution in [0.5, 0.6) is 0 Å². The average Bonchev–Trinajstić information content (AvgIpc) is 3.51. The summed E-state index contributed by atoms with van der Waals surface area (Å²) in [5.41, 5.74) is 1.78. The molecule has 0 saturated carbocycles. The van der Waals surface area contributed by atoms with Gasteiger partial charge in [-0.15, -0.1) is 0 Å². The number of cyclic esters (lactones) is 1. The van der Waals surface area contributed by atoms with Crippen LogP contribution in [0.15, 0.2) is 64.4 Å². The molecule has 10 heteroatoms. The molecule has 3 rings (SSSR count). The fourth-order valence-corrected chi connectivity index (χ4v) is 5.83. The molecule has 0 aliphatic carbocycles. The van der Waals surface area contributed by atoms with Crippen LogP contribution in [0.1, 0.15) is 71.9 Å². The molecule has 0 bridgehead atoms. The predicted octanol–water partition coefficient (Wildman–Crippen LogP) is 5.44. The van der Waals surface area contributed by atoms with Crippen LogP contribution in [-0.4, -0.2) is 77.5 Å². The molecule has 1 aromatic rings. The van der Waals surface area contributed by atoms with Crippen LogP contribution in [0.3, 0.4) is 0 Å². The van der Waals surface area contributed by atoms with Gasteiger partial charge in [-0.3, -0.25) is 4.79 Å². The Morgan fingerprint density at radius 1 is 1.22 bits per heavy atom. The number of ether oxygens (including phenoxy) is 4. The zero-order valence-electron chi connectivity index (χ0n) is 28.3. The number of esters is 2. The number of methoxy groups -OCH3 is 2. The van der Waals surface area contributed by atoms with Gasteiger partial charge in [-0.25, -0.2) is 9.78 Å². The van der Waals surface area contributed by atoms with E-state index in [1.165, 1.54) is 13.2 Å². The van der Waals surface area contributed by atoms with Crippen molar-refractivity contribution in [2.45, 2.75) is 103 Å². The van der Waals surface area contributed by atoms with Crippen molar-refractivity contribution in [3.05, 3.63) is 71.5 Å². The molecule has 1 fully saturated rings. The van der Waals surface area contributed by atoms with Crippen molar-refractivity contribution in [3.63, 3.8) is 0 Å². The maximum absolute atomic E-state index is 13.1. The number of epoxide rings is 1. The number of rotatable bonds is 9. The van der Waals surface area contributed by atoms with Gasteiger partial charge >= 0.3 is 11.9 Å².